The summed E-state index contributed by atoms with van der Waals surface area (Å²) in [7, 11) is -0.824. The Balaban J connectivity index is 3.76. The number of hydrogen-bond donors (Lipinski definition) is 2. The van der Waals surface area contributed by atoms with Crippen molar-refractivity contribution in [1.29, 1.82) is 0 Å². The molecular formula is C10H22N2O2S. The van der Waals surface area contributed by atoms with E-state index in [-0.39, 0.29) is 24.0 Å². The lowest BCUT2D eigenvalue weighted by atomic mass is 10.1. The van der Waals surface area contributed by atoms with Gasteiger partial charge in [0.25, 0.3) is 0 Å². The SMILES string of the molecule is CC(CS(C)=O)NCC(=O)NC(C)(C)C. The van der Waals surface area contributed by atoms with Gasteiger partial charge in [-0.05, 0) is 27.7 Å². The van der Waals surface area contributed by atoms with Crippen LogP contribution in [-0.4, -0.2) is 40.3 Å². The quantitative estimate of drug-likeness (QED) is 0.717. The van der Waals surface area contributed by atoms with E-state index in [1.54, 1.807) is 6.26 Å². The lowest BCUT2D eigenvalue weighted by Crippen LogP contribution is -2.46. The van der Waals surface area contributed by atoms with Crippen LogP contribution in [0, 0.1) is 0 Å². The fourth-order valence-corrected chi connectivity index (χ4v) is 1.96. The molecule has 0 aromatic heterocycles. The lowest BCUT2D eigenvalue weighted by Gasteiger charge is -2.21. The highest BCUT2D eigenvalue weighted by Gasteiger charge is 2.14. The van der Waals surface area contributed by atoms with Gasteiger partial charge in [0.15, 0.2) is 0 Å². The highest BCUT2D eigenvalue weighted by molar-refractivity contribution is 7.84. The maximum Gasteiger partial charge on any atom is 0.234 e. The Bertz CT molecular complexity index is 236. The van der Waals surface area contributed by atoms with Gasteiger partial charge in [0.05, 0.1) is 6.54 Å². The van der Waals surface area contributed by atoms with Crippen LogP contribution in [0.25, 0.3) is 0 Å². The van der Waals surface area contributed by atoms with Gasteiger partial charge in [-0.2, -0.15) is 0 Å². The Labute approximate surface area is 94.7 Å². The molecule has 0 fully saturated rings. The van der Waals surface area contributed by atoms with E-state index in [9.17, 15) is 9.00 Å². The van der Waals surface area contributed by atoms with E-state index in [1.807, 2.05) is 27.7 Å². The summed E-state index contributed by atoms with van der Waals surface area (Å²) in [5, 5.41) is 5.88. The molecule has 0 bridgehead atoms. The topological polar surface area (TPSA) is 58.2 Å². The highest BCUT2D eigenvalue weighted by Crippen LogP contribution is 1.97. The molecule has 0 saturated carbocycles. The Morgan fingerprint density at radius 3 is 2.33 bits per heavy atom. The van der Waals surface area contributed by atoms with Gasteiger partial charge in [0.1, 0.15) is 0 Å². The molecule has 2 unspecified atom stereocenters. The van der Waals surface area contributed by atoms with Gasteiger partial charge in [0.2, 0.25) is 5.91 Å². The van der Waals surface area contributed by atoms with E-state index in [4.69, 9.17) is 0 Å². The van der Waals surface area contributed by atoms with Crippen LogP contribution in [0.5, 0.6) is 0 Å². The fraction of sp³-hybridized carbons (Fsp3) is 0.900. The average Bonchev–Trinajstić information content (AvgIpc) is 1.96. The third kappa shape index (κ3) is 9.87. The van der Waals surface area contributed by atoms with Gasteiger partial charge < -0.3 is 10.6 Å². The summed E-state index contributed by atoms with van der Waals surface area (Å²) in [6, 6.07) is 0.0987. The maximum absolute atomic E-state index is 11.4. The smallest absolute Gasteiger partial charge is 0.234 e. The van der Waals surface area contributed by atoms with Gasteiger partial charge in [-0.3, -0.25) is 9.00 Å². The van der Waals surface area contributed by atoms with Crippen LogP contribution in [0.15, 0.2) is 0 Å². The number of amides is 1. The largest absolute Gasteiger partial charge is 0.350 e. The van der Waals surface area contributed by atoms with E-state index < -0.39 is 10.8 Å². The number of hydrogen-bond acceptors (Lipinski definition) is 3. The summed E-state index contributed by atoms with van der Waals surface area (Å²) in [6.45, 7) is 8.02. The molecule has 2 N–H and O–H groups in total. The van der Waals surface area contributed by atoms with Crippen LogP contribution in [0.2, 0.25) is 0 Å². The van der Waals surface area contributed by atoms with Crippen molar-refractivity contribution in [2.75, 3.05) is 18.6 Å². The number of nitrogens with one attached hydrogen (secondary N) is 2. The summed E-state index contributed by atoms with van der Waals surface area (Å²) in [6.07, 6.45) is 1.66. The molecule has 0 rings (SSSR count). The van der Waals surface area contributed by atoms with Gasteiger partial charge in [-0.15, -0.1) is 0 Å². The number of carbonyl (C=O) groups is 1. The van der Waals surface area contributed by atoms with Crippen molar-refractivity contribution in [1.82, 2.24) is 10.6 Å². The van der Waals surface area contributed by atoms with Gasteiger partial charge in [-0.25, -0.2) is 0 Å². The predicted molar refractivity (Wildman–Crippen MR) is 64.3 cm³/mol. The minimum absolute atomic E-state index is 0.0313. The molecule has 0 aliphatic carbocycles. The minimum Gasteiger partial charge on any atom is -0.350 e. The van der Waals surface area contributed by atoms with Crippen molar-refractivity contribution in [3.63, 3.8) is 0 Å². The van der Waals surface area contributed by atoms with Crippen LogP contribution in [0.3, 0.4) is 0 Å². The predicted octanol–water partition coefficient (Wildman–Crippen LogP) is 0.258. The summed E-state index contributed by atoms with van der Waals surface area (Å²) < 4.78 is 10.9. The first-order chi connectivity index (χ1) is 6.70. The molecule has 0 aromatic carbocycles. The van der Waals surface area contributed by atoms with Crippen LogP contribution < -0.4 is 10.6 Å². The average molecular weight is 234 g/mol. The van der Waals surface area contributed by atoms with Crippen LogP contribution >= 0.6 is 0 Å². The third-order valence-electron chi connectivity index (χ3n) is 1.61. The van der Waals surface area contributed by atoms with Crippen LogP contribution in [0.4, 0.5) is 0 Å². The van der Waals surface area contributed by atoms with Gasteiger partial charge >= 0.3 is 0 Å². The molecule has 2 atom stereocenters. The molecule has 0 heterocycles. The molecule has 0 aliphatic heterocycles. The molecule has 0 spiro atoms. The molecular weight excluding hydrogens is 212 g/mol. The Morgan fingerprint density at radius 2 is 1.93 bits per heavy atom. The van der Waals surface area contributed by atoms with Crippen molar-refractivity contribution in [3.8, 4) is 0 Å². The normalized spacial score (nSPS) is 15.8. The third-order valence-corrected chi connectivity index (χ3v) is 2.58. The standard InChI is InChI=1S/C10H22N2O2S/c1-8(7-15(5)14)11-6-9(13)12-10(2,3)4/h8,11H,6-7H2,1-5H3,(H,12,13). The fourth-order valence-electron chi connectivity index (χ4n) is 1.14. The molecule has 0 aliphatic rings. The lowest BCUT2D eigenvalue weighted by molar-refractivity contribution is -0.121. The molecule has 15 heavy (non-hydrogen) atoms. The first kappa shape index (κ1) is 14.6. The Morgan fingerprint density at radius 1 is 1.40 bits per heavy atom. The zero-order valence-electron chi connectivity index (χ0n) is 10.2. The van der Waals surface area contributed by atoms with Crippen molar-refractivity contribution >= 4 is 16.7 Å². The van der Waals surface area contributed by atoms with Gasteiger partial charge in [0, 0.05) is 34.4 Å². The molecule has 0 radical (unpaired) electrons. The summed E-state index contributed by atoms with van der Waals surface area (Å²) >= 11 is 0. The zero-order chi connectivity index (χ0) is 12.1. The molecule has 90 valence electrons. The van der Waals surface area contributed by atoms with Crippen molar-refractivity contribution in [3.05, 3.63) is 0 Å². The van der Waals surface area contributed by atoms with Gasteiger partial charge in [-0.1, -0.05) is 0 Å². The van der Waals surface area contributed by atoms with E-state index in [0.29, 0.717) is 5.75 Å². The van der Waals surface area contributed by atoms with Crippen molar-refractivity contribution in [2.45, 2.75) is 39.3 Å². The highest BCUT2D eigenvalue weighted by atomic mass is 32.2. The van der Waals surface area contributed by atoms with Crippen molar-refractivity contribution in [2.24, 2.45) is 0 Å². The monoisotopic (exact) mass is 234 g/mol. The van der Waals surface area contributed by atoms with E-state index in [2.05, 4.69) is 10.6 Å². The Kier molecular flexibility index (Phi) is 6.05. The zero-order valence-corrected chi connectivity index (χ0v) is 11.0. The molecule has 5 heteroatoms. The molecule has 4 nitrogen and oxygen atoms in total. The summed E-state index contributed by atoms with van der Waals surface area (Å²) in [4.78, 5) is 11.4. The second-order valence-electron chi connectivity index (χ2n) is 4.82. The maximum atomic E-state index is 11.4. The number of rotatable bonds is 5. The van der Waals surface area contributed by atoms with E-state index in [0.717, 1.165) is 0 Å². The van der Waals surface area contributed by atoms with Crippen molar-refractivity contribution < 1.29 is 9.00 Å². The Hall–Kier alpha value is -0.420. The molecule has 0 aromatic rings. The van der Waals surface area contributed by atoms with Crippen LogP contribution in [0.1, 0.15) is 27.7 Å². The first-order valence-electron chi connectivity index (χ1n) is 5.05. The van der Waals surface area contributed by atoms with Crippen LogP contribution in [-0.2, 0) is 15.6 Å². The summed E-state index contributed by atoms with van der Waals surface area (Å²) in [5.41, 5.74) is -0.199. The second kappa shape index (κ2) is 6.23. The number of carbonyl (C=O) groups excluding carboxylic acids is 1. The second-order valence-corrected chi connectivity index (χ2v) is 6.30. The van der Waals surface area contributed by atoms with E-state index in [1.165, 1.54) is 0 Å². The van der Waals surface area contributed by atoms with E-state index >= 15 is 0 Å². The molecule has 0 saturated heterocycles. The summed E-state index contributed by atoms with van der Waals surface area (Å²) in [5.74, 6) is 0.541. The minimum atomic E-state index is -0.824. The first-order valence-corrected chi connectivity index (χ1v) is 6.78. The molecule has 1 amide bonds.